The van der Waals surface area contributed by atoms with Gasteiger partial charge in [-0.05, 0) is 37.6 Å². The highest BCUT2D eigenvalue weighted by Crippen LogP contribution is 2.27. The van der Waals surface area contributed by atoms with Crippen molar-refractivity contribution < 1.29 is 9.53 Å². The summed E-state index contributed by atoms with van der Waals surface area (Å²) >= 11 is 0. The van der Waals surface area contributed by atoms with Gasteiger partial charge in [0.1, 0.15) is 0 Å². The van der Waals surface area contributed by atoms with E-state index >= 15 is 0 Å². The van der Waals surface area contributed by atoms with E-state index in [0.717, 1.165) is 51.7 Å². The quantitative estimate of drug-likeness (QED) is 0.662. The fourth-order valence-electron chi connectivity index (χ4n) is 2.85. The summed E-state index contributed by atoms with van der Waals surface area (Å²) in [6.07, 6.45) is 3.76. The van der Waals surface area contributed by atoms with Crippen LogP contribution in [0.3, 0.4) is 0 Å². The molecule has 0 aromatic carbocycles. The number of amides is 1. The van der Waals surface area contributed by atoms with Gasteiger partial charge in [0.2, 0.25) is 5.91 Å². The topological polar surface area (TPSA) is 53.6 Å². The minimum Gasteiger partial charge on any atom is -0.379 e. The lowest BCUT2D eigenvalue weighted by Gasteiger charge is -2.35. The molecule has 0 aromatic heterocycles. The Morgan fingerprint density at radius 2 is 2.00 bits per heavy atom. The van der Waals surface area contributed by atoms with Gasteiger partial charge < -0.3 is 15.4 Å². The van der Waals surface area contributed by atoms with E-state index in [1.165, 1.54) is 12.8 Å². The fraction of sp³-hybridized carbons (Fsp3) is 0.938. The van der Waals surface area contributed by atoms with Crippen LogP contribution in [0.4, 0.5) is 0 Å². The van der Waals surface area contributed by atoms with Crippen molar-refractivity contribution in [2.45, 2.75) is 39.2 Å². The van der Waals surface area contributed by atoms with Crippen LogP contribution in [0.1, 0.15) is 33.1 Å². The molecule has 1 heterocycles. The summed E-state index contributed by atoms with van der Waals surface area (Å²) in [5, 5.41) is 6.34. The molecule has 0 radical (unpaired) electrons. The largest absolute Gasteiger partial charge is 0.379 e. The molecule has 122 valence electrons. The molecule has 1 unspecified atom stereocenters. The van der Waals surface area contributed by atoms with Gasteiger partial charge in [0, 0.05) is 25.7 Å². The smallest absolute Gasteiger partial charge is 0.234 e. The zero-order valence-corrected chi connectivity index (χ0v) is 13.6. The van der Waals surface area contributed by atoms with Crippen LogP contribution in [0.5, 0.6) is 0 Å². The van der Waals surface area contributed by atoms with Crippen molar-refractivity contribution in [1.29, 1.82) is 0 Å². The molecular weight excluding hydrogens is 266 g/mol. The summed E-state index contributed by atoms with van der Waals surface area (Å²) in [5.74, 6) is 1.58. The third kappa shape index (κ3) is 6.76. The molecule has 2 fully saturated rings. The number of carbonyl (C=O) groups excluding carboxylic acids is 1. The number of nitrogens with one attached hydrogen (secondary N) is 2. The molecule has 0 bridgehead atoms. The summed E-state index contributed by atoms with van der Waals surface area (Å²) in [4.78, 5) is 14.4. The molecule has 2 rings (SSSR count). The van der Waals surface area contributed by atoms with Crippen LogP contribution in [0.25, 0.3) is 0 Å². The monoisotopic (exact) mass is 297 g/mol. The highest BCUT2D eigenvalue weighted by molar-refractivity contribution is 5.78. The first-order chi connectivity index (χ1) is 10.1. The maximum absolute atomic E-state index is 11.9. The maximum Gasteiger partial charge on any atom is 0.234 e. The Balaban J connectivity index is 1.67. The zero-order valence-electron chi connectivity index (χ0n) is 13.6. The van der Waals surface area contributed by atoms with Crippen molar-refractivity contribution in [2.75, 3.05) is 45.9 Å². The highest BCUT2D eigenvalue weighted by Gasteiger charge is 2.23. The van der Waals surface area contributed by atoms with Gasteiger partial charge in [-0.15, -0.1) is 0 Å². The first-order valence-electron chi connectivity index (χ1n) is 8.44. The van der Waals surface area contributed by atoms with Crippen molar-refractivity contribution in [3.05, 3.63) is 0 Å². The molecule has 21 heavy (non-hydrogen) atoms. The Hall–Kier alpha value is -0.650. The molecule has 2 N–H and O–H groups in total. The van der Waals surface area contributed by atoms with Crippen LogP contribution >= 0.6 is 0 Å². The van der Waals surface area contributed by atoms with Crippen LogP contribution in [0.15, 0.2) is 0 Å². The molecule has 1 saturated heterocycles. The Labute approximate surface area is 128 Å². The van der Waals surface area contributed by atoms with Crippen LogP contribution in [-0.4, -0.2) is 62.8 Å². The van der Waals surface area contributed by atoms with Gasteiger partial charge in [0.05, 0.1) is 19.8 Å². The first-order valence-corrected chi connectivity index (χ1v) is 8.44. The second-order valence-corrected chi connectivity index (χ2v) is 6.81. The minimum absolute atomic E-state index is 0.123. The lowest BCUT2D eigenvalue weighted by molar-refractivity contribution is -0.120. The fourth-order valence-corrected chi connectivity index (χ4v) is 2.85. The minimum atomic E-state index is 0.123. The number of hydrogen-bond donors (Lipinski definition) is 2. The molecule has 0 aromatic rings. The van der Waals surface area contributed by atoms with Gasteiger partial charge >= 0.3 is 0 Å². The molecular formula is C16H31N3O2. The Bertz CT molecular complexity index is 313. The van der Waals surface area contributed by atoms with E-state index in [0.29, 0.717) is 18.5 Å². The molecule has 0 spiro atoms. The van der Waals surface area contributed by atoms with E-state index in [1.807, 2.05) is 0 Å². The van der Waals surface area contributed by atoms with Gasteiger partial charge in [-0.1, -0.05) is 13.8 Å². The van der Waals surface area contributed by atoms with Crippen LogP contribution < -0.4 is 10.6 Å². The van der Waals surface area contributed by atoms with Gasteiger partial charge in [-0.3, -0.25) is 9.69 Å². The molecule has 5 heteroatoms. The summed E-state index contributed by atoms with van der Waals surface area (Å²) < 4.78 is 5.42. The summed E-state index contributed by atoms with van der Waals surface area (Å²) in [7, 11) is 0. The van der Waals surface area contributed by atoms with E-state index in [1.54, 1.807) is 0 Å². The second kappa shape index (κ2) is 8.71. The van der Waals surface area contributed by atoms with Crippen molar-refractivity contribution in [2.24, 2.45) is 11.8 Å². The summed E-state index contributed by atoms with van der Waals surface area (Å²) in [5.41, 5.74) is 0. The van der Waals surface area contributed by atoms with E-state index in [-0.39, 0.29) is 5.91 Å². The van der Waals surface area contributed by atoms with Crippen molar-refractivity contribution in [1.82, 2.24) is 15.5 Å². The third-order valence-corrected chi connectivity index (χ3v) is 4.26. The van der Waals surface area contributed by atoms with Gasteiger partial charge in [0.15, 0.2) is 0 Å². The van der Waals surface area contributed by atoms with Gasteiger partial charge in [-0.25, -0.2) is 0 Å². The summed E-state index contributed by atoms with van der Waals surface area (Å²) in [6, 6.07) is 0.432. The highest BCUT2D eigenvalue weighted by atomic mass is 16.5. The SMILES string of the molecule is CC(C)CC(CNC(=O)CNCC1CC1)N1CCOCC1. The summed E-state index contributed by atoms with van der Waals surface area (Å²) in [6.45, 7) is 10.3. The van der Waals surface area contributed by atoms with Crippen molar-refractivity contribution >= 4 is 5.91 Å². The molecule has 5 nitrogen and oxygen atoms in total. The number of carbonyl (C=O) groups is 1. The van der Waals surface area contributed by atoms with Crippen molar-refractivity contribution in [3.8, 4) is 0 Å². The molecule has 1 aliphatic carbocycles. The maximum atomic E-state index is 11.9. The molecule has 2 aliphatic rings. The second-order valence-electron chi connectivity index (χ2n) is 6.81. The normalized spacial score (nSPS) is 21.5. The van der Waals surface area contributed by atoms with Gasteiger partial charge in [0.25, 0.3) is 0 Å². The number of nitrogens with zero attached hydrogens (tertiary/aromatic N) is 1. The standard InChI is InChI=1S/C16H31N3O2/c1-13(2)9-15(19-5-7-21-8-6-19)11-18-16(20)12-17-10-14-3-4-14/h13-15,17H,3-12H2,1-2H3,(H,18,20). The number of hydrogen-bond acceptors (Lipinski definition) is 4. The molecule has 1 saturated carbocycles. The van der Waals surface area contributed by atoms with Crippen LogP contribution in [0.2, 0.25) is 0 Å². The Morgan fingerprint density at radius 3 is 2.62 bits per heavy atom. The van der Waals surface area contributed by atoms with Crippen LogP contribution in [0, 0.1) is 11.8 Å². The van der Waals surface area contributed by atoms with Crippen LogP contribution in [-0.2, 0) is 9.53 Å². The Morgan fingerprint density at radius 1 is 1.29 bits per heavy atom. The molecule has 1 atom stereocenters. The lowest BCUT2D eigenvalue weighted by Crippen LogP contribution is -2.50. The predicted molar refractivity (Wildman–Crippen MR) is 84.2 cm³/mol. The number of rotatable bonds is 9. The van der Waals surface area contributed by atoms with Crippen molar-refractivity contribution in [3.63, 3.8) is 0 Å². The van der Waals surface area contributed by atoms with E-state index in [2.05, 4.69) is 29.4 Å². The number of morpholine rings is 1. The van der Waals surface area contributed by atoms with Gasteiger partial charge in [-0.2, -0.15) is 0 Å². The van der Waals surface area contributed by atoms with E-state index < -0.39 is 0 Å². The Kier molecular flexibility index (Phi) is 6.93. The van der Waals surface area contributed by atoms with E-state index in [9.17, 15) is 4.79 Å². The molecule has 1 aliphatic heterocycles. The average molecular weight is 297 g/mol. The zero-order chi connectivity index (χ0) is 15.1. The predicted octanol–water partition coefficient (Wildman–Crippen LogP) is 0.849. The first kappa shape index (κ1) is 16.7. The average Bonchev–Trinajstić information content (AvgIpc) is 3.28. The van der Waals surface area contributed by atoms with E-state index in [4.69, 9.17) is 4.74 Å². The number of ether oxygens (including phenoxy) is 1. The lowest BCUT2D eigenvalue weighted by atomic mass is 10.0. The molecule has 1 amide bonds. The third-order valence-electron chi connectivity index (χ3n) is 4.26.